The molecule has 98 valence electrons. The molecule has 0 unspecified atom stereocenters. The lowest BCUT2D eigenvalue weighted by atomic mass is 10.0. The number of carbonyl (C=O) groups is 1. The minimum Gasteiger partial charge on any atom is -0.496 e. The molecule has 0 bridgehead atoms. The van der Waals surface area contributed by atoms with Crippen LogP contribution in [0.25, 0.3) is 0 Å². The number of hydrogen-bond donors (Lipinski definition) is 0. The first kappa shape index (κ1) is 13.7. The van der Waals surface area contributed by atoms with Gasteiger partial charge in [0.25, 0.3) is 0 Å². The summed E-state index contributed by atoms with van der Waals surface area (Å²) < 4.78 is 19.7. The van der Waals surface area contributed by atoms with Gasteiger partial charge in [-0.1, -0.05) is 27.6 Å². The summed E-state index contributed by atoms with van der Waals surface area (Å²) in [6.45, 7) is 1.81. The molecule has 2 aromatic carbocycles. The van der Waals surface area contributed by atoms with Crippen LogP contribution >= 0.6 is 15.9 Å². The smallest absolute Gasteiger partial charge is 0.199 e. The Bertz CT molecular complexity index is 638. The molecule has 0 aromatic heterocycles. The number of rotatable bonds is 3. The van der Waals surface area contributed by atoms with Gasteiger partial charge in [-0.25, -0.2) is 4.39 Å². The molecule has 0 heterocycles. The van der Waals surface area contributed by atoms with Crippen LogP contribution < -0.4 is 4.74 Å². The zero-order chi connectivity index (χ0) is 14.0. The second-order valence-electron chi connectivity index (χ2n) is 4.16. The molecular formula is C15H12BrFO2. The van der Waals surface area contributed by atoms with Crippen LogP contribution in [0.5, 0.6) is 5.75 Å². The first-order valence-electron chi connectivity index (χ1n) is 5.67. The fraction of sp³-hybridized carbons (Fsp3) is 0.133. The summed E-state index contributed by atoms with van der Waals surface area (Å²) in [6, 6.07) is 9.50. The third-order valence-corrected chi connectivity index (χ3v) is 3.27. The van der Waals surface area contributed by atoms with Crippen LogP contribution in [0.15, 0.2) is 40.9 Å². The molecule has 2 rings (SSSR count). The van der Waals surface area contributed by atoms with E-state index in [1.165, 1.54) is 13.2 Å². The van der Waals surface area contributed by atoms with E-state index in [0.29, 0.717) is 11.3 Å². The Kier molecular flexibility index (Phi) is 4.00. The largest absolute Gasteiger partial charge is 0.496 e. The van der Waals surface area contributed by atoms with Crippen molar-refractivity contribution >= 4 is 21.7 Å². The number of methoxy groups -OCH3 is 1. The number of ether oxygens (including phenoxy) is 1. The van der Waals surface area contributed by atoms with Crippen molar-refractivity contribution in [2.24, 2.45) is 0 Å². The van der Waals surface area contributed by atoms with Crippen molar-refractivity contribution in [1.82, 2.24) is 0 Å². The summed E-state index contributed by atoms with van der Waals surface area (Å²) in [5.74, 6) is -0.494. The van der Waals surface area contributed by atoms with Gasteiger partial charge in [0, 0.05) is 4.47 Å². The molecule has 0 radical (unpaired) electrons. The summed E-state index contributed by atoms with van der Waals surface area (Å²) in [7, 11) is 1.48. The first-order valence-corrected chi connectivity index (χ1v) is 6.46. The van der Waals surface area contributed by atoms with Crippen molar-refractivity contribution in [3.8, 4) is 5.75 Å². The van der Waals surface area contributed by atoms with Crippen LogP contribution in [-0.2, 0) is 0 Å². The Morgan fingerprint density at radius 1 is 1.16 bits per heavy atom. The number of halogens is 2. The lowest BCUT2D eigenvalue weighted by Gasteiger charge is -2.09. The van der Waals surface area contributed by atoms with Gasteiger partial charge < -0.3 is 4.74 Å². The molecule has 0 saturated heterocycles. The molecule has 0 aliphatic rings. The molecule has 0 aliphatic carbocycles. The van der Waals surface area contributed by atoms with Crippen LogP contribution in [-0.4, -0.2) is 12.9 Å². The number of aryl methyl sites for hydroxylation is 1. The van der Waals surface area contributed by atoms with Crippen molar-refractivity contribution in [3.05, 3.63) is 63.4 Å². The average Bonchev–Trinajstić information content (AvgIpc) is 2.40. The standard InChI is InChI=1S/C15H12BrFO2/c1-9-3-6-13(17)12(7-9)15(18)11-5-4-10(16)8-14(11)19-2/h3-8H,1-2H3. The molecule has 0 fully saturated rings. The van der Waals surface area contributed by atoms with Gasteiger partial charge in [0.2, 0.25) is 0 Å². The topological polar surface area (TPSA) is 26.3 Å². The molecule has 19 heavy (non-hydrogen) atoms. The van der Waals surface area contributed by atoms with E-state index in [1.807, 2.05) is 6.92 Å². The Labute approximate surface area is 119 Å². The molecule has 2 aromatic rings. The third kappa shape index (κ3) is 2.84. The van der Waals surface area contributed by atoms with Crippen LogP contribution in [0.1, 0.15) is 21.5 Å². The number of benzene rings is 2. The van der Waals surface area contributed by atoms with Gasteiger partial charge in [-0.2, -0.15) is 0 Å². The van der Waals surface area contributed by atoms with Crippen molar-refractivity contribution in [2.45, 2.75) is 6.92 Å². The highest BCUT2D eigenvalue weighted by Gasteiger charge is 2.18. The highest BCUT2D eigenvalue weighted by Crippen LogP contribution is 2.26. The molecular weight excluding hydrogens is 311 g/mol. The lowest BCUT2D eigenvalue weighted by Crippen LogP contribution is -2.06. The molecule has 2 nitrogen and oxygen atoms in total. The van der Waals surface area contributed by atoms with E-state index >= 15 is 0 Å². The van der Waals surface area contributed by atoms with Crippen molar-refractivity contribution in [1.29, 1.82) is 0 Å². The van der Waals surface area contributed by atoms with Gasteiger partial charge in [-0.15, -0.1) is 0 Å². The summed E-state index contributed by atoms with van der Waals surface area (Å²) in [5.41, 5.74) is 1.23. The van der Waals surface area contributed by atoms with E-state index in [1.54, 1.807) is 30.3 Å². The summed E-state index contributed by atoms with van der Waals surface area (Å²) >= 11 is 3.30. The molecule has 0 aliphatic heterocycles. The predicted molar refractivity (Wildman–Crippen MR) is 75.3 cm³/mol. The fourth-order valence-electron chi connectivity index (χ4n) is 1.81. The lowest BCUT2D eigenvalue weighted by molar-refractivity contribution is 0.103. The van der Waals surface area contributed by atoms with Gasteiger partial charge in [0.05, 0.1) is 18.2 Å². The molecule has 0 atom stereocenters. The number of carbonyl (C=O) groups excluding carboxylic acids is 1. The molecule has 4 heteroatoms. The van der Waals surface area contributed by atoms with Gasteiger partial charge in [0.1, 0.15) is 11.6 Å². The van der Waals surface area contributed by atoms with E-state index < -0.39 is 5.82 Å². The predicted octanol–water partition coefficient (Wildman–Crippen LogP) is 4.14. The van der Waals surface area contributed by atoms with E-state index in [-0.39, 0.29) is 11.3 Å². The highest BCUT2D eigenvalue weighted by molar-refractivity contribution is 9.10. The Balaban J connectivity index is 2.53. The van der Waals surface area contributed by atoms with Crippen LogP contribution in [0.3, 0.4) is 0 Å². The van der Waals surface area contributed by atoms with E-state index in [2.05, 4.69) is 15.9 Å². The second-order valence-corrected chi connectivity index (χ2v) is 5.07. The minimum atomic E-state index is -0.527. The fourth-order valence-corrected chi connectivity index (χ4v) is 2.15. The molecule has 0 amide bonds. The maximum absolute atomic E-state index is 13.7. The van der Waals surface area contributed by atoms with Crippen molar-refractivity contribution in [3.63, 3.8) is 0 Å². The van der Waals surface area contributed by atoms with Crippen LogP contribution in [0.4, 0.5) is 4.39 Å². The second kappa shape index (κ2) is 5.53. The minimum absolute atomic E-state index is 0.0561. The maximum atomic E-state index is 13.7. The Hall–Kier alpha value is -1.68. The number of ketones is 1. The molecule has 0 spiro atoms. The van der Waals surface area contributed by atoms with Gasteiger partial charge in [-0.05, 0) is 37.3 Å². The highest BCUT2D eigenvalue weighted by atomic mass is 79.9. The zero-order valence-corrected chi connectivity index (χ0v) is 12.1. The van der Waals surface area contributed by atoms with E-state index in [4.69, 9.17) is 4.74 Å². The van der Waals surface area contributed by atoms with Gasteiger partial charge in [-0.3, -0.25) is 4.79 Å². The number of hydrogen-bond acceptors (Lipinski definition) is 2. The van der Waals surface area contributed by atoms with Crippen molar-refractivity contribution in [2.75, 3.05) is 7.11 Å². The monoisotopic (exact) mass is 322 g/mol. The van der Waals surface area contributed by atoms with Crippen LogP contribution in [0.2, 0.25) is 0 Å². The van der Waals surface area contributed by atoms with Crippen LogP contribution in [0, 0.1) is 12.7 Å². The summed E-state index contributed by atoms with van der Waals surface area (Å²) in [5, 5.41) is 0. The van der Waals surface area contributed by atoms with Gasteiger partial charge in [0.15, 0.2) is 5.78 Å². The van der Waals surface area contributed by atoms with E-state index in [9.17, 15) is 9.18 Å². The normalized spacial score (nSPS) is 10.3. The average molecular weight is 323 g/mol. The molecule has 0 N–H and O–H groups in total. The zero-order valence-electron chi connectivity index (χ0n) is 10.5. The Morgan fingerprint density at radius 2 is 1.89 bits per heavy atom. The Morgan fingerprint density at radius 3 is 2.58 bits per heavy atom. The summed E-state index contributed by atoms with van der Waals surface area (Å²) in [4.78, 5) is 12.4. The van der Waals surface area contributed by atoms with E-state index in [0.717, 1.165) is 10.0 Å². The van der Waals surface area contributed by atoms with Gasteiger partial charge >= 0.3 is 0 Å². The SMILES string of the molecule is COc1cc(Br)ccc1C(=O)c1cc(C)ccc1F. The third-order valence-electron chi connectivity index (χ3n) is 2.77. The maximum Gasteiger partial charge on any atom is 0.199 e. The summed E-state index contributed by atoms with van der Waals surface area (Å²) in [6.07, 6.45) is 0. The quantitative estimate of drug-likeness (QED) is 0.794. The first-order chi connectivity index (χ1) is 9.02. The van der Waals surface area contributed by atoms with Crippen molar-refractivity contribution < 1.29 is 13.9 Å². The molecule has 0 saturated carbocycles.